The number of nitrogens with one attached hydrogen (secondary N) is 1. The van der Waals surface area contributed by atoms with Crippen LogP contribution in [0.5, 0.6) is 5.75 Å². The van der Waals surface area contributed by atoms with Gasteiger partial charge in [0.15, 0.2) is 0 Å². The summed E-state index contributed by atoms with van der Waals surface area (Å²) in [7, 11) is 1.56. The zero-order valence-electron chi connectivity index (χ0n) is 16.1. The van der Waals surface area contributed by atoms with Crippen molar-refractivity contribution in [3.63, 3.8) is 0 Å². The second-order valence-electron chi connectivity index (χ2n) is 7.06. The lowest BCUT2D eigenvalue weighted by molar-refractivity contribution is 0.0937. The predicted molar refractivity (Wildman–Crippen MR) is 107 cm³/mol. The first-order chi connectivity index (χ1) is 13.2. The quantitative estimate of drug-likeness (QED) is 0.812. The Kier molecular flexibility index (Phi) is 6.31. The summed E-state index contributed by atoms with van der Waals surface area (Å²) in [6.07, 6.45) is 4.67. The van der Waals surface area contributed by atoms with Crippen molar-refractivity contribution in [2.45, 2.75) is 38.6 Å². The van der Waals surface area contributed by atoms with Crippen molar-refractivity contribution in [3.05, 3.63) is 41.5 Å². The number of rotatable bonds is 7. The normalized spacial score (nSPS) is 17.0. The number of nitrogens with zero attached hydrogens (tertiary/aromatic N) is 2. The zero-order valence-corrected chi connectivity index (χ0v) is 16.1. The van der Waals surface area contributed by atoms with E-state index < -0.39 is 0 Å². The van der Waals surface area contributed by atoms with Gasteiger partial charge in [-0.1, -0.05) is 37.6 Å². The van der Waals surface area contributed by atoms with Gasteiger partial charge >= 0.3 is 0 Å². The van der Waals surface area contributed by atoms with Gasteiger partial charge < -0.3 is 10.1 Å². The third kappa shape index (κ3) is 4.06. The lowest BCUT2D eigenvalue weighted by Gasteiger charge is -2.24. The molecule has 0 spiro atoms. The zero-order chi connectivity index (χ0) is 19.2. The number of methoxy groups -OCH3 is 1. The van der Waals surface area contributed by atoms with Crippen molar-refractivity contribution in [3.8, 4) is 11.8 Å². The summed E-state index contributed by atoms with van der Waals surface area (Å²) in [5, 5.41) is 14.2. The minimum absolute atomic E-state index is 0.184. The number of fused-ring (bicyclic) bond motifs is 1. The lowest BCUT2D eigenvalue weighted by Crippen LogP contribution is -2.40. The molecule has 1 N–H and O–H groups in total. The molecule has 0 radical (unpaired) electrons. The molecule has 0 aromatic heterocycles. The Morgan fingerprint density at radius 2 is 2.15 bits per heavy atom. The maximum Gasteiger partial charge on any atom is 0.255 e. The molecule has 3 rings (SSSR count). The van der Waals surface area contributed by atoms with Gasteiger partial charge in [-0.25, -0.2) is 0 Å². The maximum atomic E-state index is 12.9. The van der Waals surface area contributed by atoms with Gasteiger partial charge in [0.1, 0.15) is 5.75 Å². The standard InChI is InChI=1S/C22H27N3O2/c1-3-4-11-25-12-7-8-17(25)15-24-22(26)20-13-16(14-23)18-9-5-6-10-19(18)21(20)27-2/h5-6,9-10,13,17H,3-4,7-8,11-12,15H2,1-2H3,(H,24,26)/t17-/m0/s1. The fraction of sp³-hybridized carbons (Fsp3) is 0.455. The number of amides is 1. The summed E-state index contributed by atoms with van der Waals surface area (Å²) in [4.78, 5) is 15.4. The number of ether oxygens (including phenoxy) is 1. The molecule has 1 aliphatic heterocycles. The molecule has 2 aromatic rings. The molecule has 27 heavy (non-hydrogen) atoms. The monoisotopic (exact) mass is 365 g/mol. The Labute approximate surface area is 160 Å². The number of nitriles is 1. The highest BCUT2D eigenvalue weighted by molar-refractivity contribution is 6.05. The number of unbranched alkanes of at least 4 members (excludes halogenated alkanes) is 1. The first kappa shape index (κ1) is 19.2. The molecule has 0 aliphatic carbocycles. The Morgan fingerprint density at radius 1 is 1.37 bits per heavy atom. The van der Waals surface area contributed by atoms with Crippen LogP contribution in [0.25, 0.3) is 10.8 Å². The molecular formula is C22H27N3O2. The van der Waals surface area contributed by atoms with Crippen molar-refractivity contribution >= 4 is 16.7 Å². The van der Waals surface area contributed by atoms with Gasteiger partial charge in [-0.15, -0.1) is 0 Å². The second kappa shape index (κ2) is 8.88. The molecule has 0 bridgehead atoms. The minimum atomic E-state index is -0.184. The van der Waals surface area contributed by atoms with Gasteiger partial charge in [-0.05, 0) is 38.4 Å². The Balaban J connectivity index is 1.80. The van der Waals surface area contributed by atoms with Gasteiger partial charge in [0.25, 0.3) is 5.91 Å². The van der Waals surface area contributed by atoms with Crippen molar-refractivity contribution in [1.82, 2.24) is 10.2 Å². The van der Waals surface area contributed by atoms with E-state index in [0.29, 0.717) is 29.5 Å². The van der Waals surface area contributed by atoms with E-state index >= 15 is 0 Å². The molecule has 0 unspecified atom stereocenters. The molecule has 2 aromatic carbocycles. The lowest BCUT2D eigenvalue weighted by atomic mass is 9.99. The third-order valence-electron chi connectivity index (χ3n) is 5.36. The highest BCUT2D eigenvalue weighted by atomic mass is 16.5. The molecule has 1 heterocycles. The highest BCUT2D eigenvalue weighted by Gasteiger charge is 2.25. The summed E-state index contributed by atoms with van der Waals surface area (Å²) in [6.45, 7) is 5.03. The van der Waals surface area contributed by atoms with Crippen LogP contribution >= 0.6 is 0 Å². The van der Waals surface area contributed by atoms with E-state index in [-0.39, 0.29) is 5.91 Å². The van der Waals surface area contributed by atoms with E-state index in [1.165, 1.54) is 19.3 Å². The van der Waals surface area contributed by atoms with Crippen molar-refractivity contribution in [2.75, 3.05) is 26.7 Å². The molecule has 1 saturated heterocycles. The topological polar surface area (TPSA) is 65.4 Å². The van der Waals surface area contributed by atoms with E-state index in [2.05, 4.69) is 23.2 Å². The van der Waals surface area contributed by atoms with Crippen LogP contribution in [0.15, 0.2) is 30.3 Å². The van der Waals surface area contributed by atoms with Crippen LogP contribution in [-0.4, -0.2) is 43.6 Å². The average molecular weight is 365 g/mol. The van der Waals surface area contributed by atoms with E-state index in [1.54, 1.807) is 13.2 Å². The van der Waals surface area contributed by atoms with Gasteiger partial charge in [0.2, 0.25) is 0 Å². The fourth-order valence-electron chi connectivity index (χ4n) is 3.92. The van der Waals surface area contributed by atoms with E-state index in [9.17, 15) is 10.1 Å². The highest BCUT2D eigenvalue weighted by Crippen LogP contribution is 2.32. The Bertz CT molecular complexity index is 856. The summed E-state index contributed by atoms with van der Waals surface area (Å²) < 4.78 is 5.54. The molecular weight excluding hydrogens is 338 g/mol. The fourth-order valence-corrected chi connectivity index (χ4v) is 3.92. The summed E-state index contributed by atoms with van der Waals surface area (Å²) in [5.41, 5.74) is 0.910. The van der Waals surface area contributed by atoms with Gasteiger partial charge in [-0.3, -0.25) is 9.69 Å². The third-order valence-corrected chi connectivity index (χ3v) is 5.36. The van der Waals surface area contributed by atoms with Crippen LogP contribution < -0.4 is 10.1 Å². The van der Waals surface area contributed by atoms with Crippen LogP contribution in [0.4, 0.5) is 0 Å². The van der Waals surface area contributed by atoms with Crippen molar-refractivity contribution < 1.29 is 9.53 Å². The smallest absolute Gasteiger partial charge is 0.255 e. The number of carbonyl (C=O) groups excluding carboxylic acids is 1. The van der Waals surface area contributed by atoms with Crippen molar-refractivity contribution in [1.29, 1.82) is 5.26 Å². The van der Waals surface area contributed by atoms with Crippen LogP contribution in [0.3, 0.4) is 0 Å². The number of hydrogen-bond donors (Lipinski definition) is 1. The maximum absolute atomic E-state index is 12.9. The summed E-state index contributed by atoms with van der Waals surface area (Å²) in [5.74, 6) is 0.341. The minimum Gasteiger partial charge on any atom is -0.495 e. The number of likely N-dealkylation sites (tertiary alicyclic amines) is 1. The molecule has 5 nitrogen and oxygen atoms in total. The average Bonchev–Trinajstić information content (AvgIpc) is 3.16. The predicted octanol–water partition coefficient (Wildman–Crippen LogP) is 3.71. The summed E-state index contributed by atoms with van der Waals surface area (Å²) in [6, 6.07) is 11.8. The first-order valence-electron chi connectivity index (χ1n) is 9.71. The molecule has 0 saturated carbocycles. The van der Waals surface area contributed by atoms with E-state index in [1.807, 2.05) is 24.3 Å². The van der Waals surface area contributed by atoms with Crippen LogP contribution in [0.2, 0.25) is 0 Å². The van der Waals surface area contributed by atoms with Crippen molar-refractivity contribution in [2.24, 2.45) is 0 Å². The summed E-state index contributed by atoms with van der Waals surface area (Å²) >= 11 is 0. The van der Waals surface area contributed by atoms with E-state index in [0.717, 1.165) is 30.3 Å². The molecule has 1 fully saturated rings. The largest absolute Gasteiger partial charge is 0.495 e. The number of carbonyl (C=O) groups is 1. The second-order valence-corrected chi connectivity index (χ2v) is 7.06. The Morgan fingerprint density at radius 3 is 2.85 bits per heavy atom. The van der Waals surface area contributed by atoms with Crippen LogP contribution in [-0.2, 0) is 0 Å². The molecule has 1 aliphatic rings. The SMILES string of the molecule is CCCCN1CCC[C@H]1CNC(=O)c1cc(C#N)c2ccccc2c1OC. The van der Waals surface area contributed by atoms with Gasteiger partial charge in [0.05, 0.1) is 24.3 Å². The molecule has 1 amide bonds. The molecule has 142 valence electrons. The van der Waals surface area contributed by atoms with Gasteiger partial charge in [-0.2, -0.15) is 5.26 Å². The number of benzene rings is 2. The Hall–Kier alpha value is -2.58. The van der Waals surface area contributed by atoms with Crippen LogP contribution in [0.1, 0.15) is 48.5 Å². The molecule has 1 atom stereocenters. The molecule has 5 heteroatoms. The van der Waals surface area contributed by atoms with E-state index in [4.69, 9.17) is 4.74 Å². The van der Waals surface area contributed by atoms with Gasteiger partial charge in [0, 0.05) is 23.4 Å². The van der Waals surface area contributed by atoms with Crippen LogP contribution in [0, 0.1) is 11.3 Å². The number of hydrogen-bond acceptors (Lipinski definition) is 4. The first-order valence-corrected chi connectivity index (χ1v) is 9.71.